The first-order valence-corrected chi connectivity index (χ1v) is 6.81. The molecule has 21 heavy (non-hydrogen) atoms. The number of nitrogens with one attached hydrogen (secondary N) is 1. The molecule has 3 rings (SSSR count). The minimum absolute atomic E-state index is 0.0767. The van der Waals surface area contributed by atoms with Crippen LogP contribution in [-0.4, -0.2) is 20.7 Å². The van der Waals surface area contributed by atoms with Crippen molar-refractivity contribution in [2.45, 2.75) is 20.0 Å². The molecule has 2 aromatic heterocycles. The van der Waals surface area contributed by atoms with Crippen molar-refractivity contribution in [1.29, 1.82) is 0 Å². The number of benzene rings is 1. The highest BCUT2D eigenvalue weighted by Gasteiger charge is 2.07. The van der Waals surface area contributed by atoms with Crippen molar-refractivity contribution < 1.29 is 4.79 Å². The first kappa shape index (κ1) is 13.3. The summed E-state index contributed by atoms with van der Waals surface area (Å²) in [7, 11) is 0. The van der Waals surface area contributed by atoms with E-state index in [9.17, 15) is 4.79 Å². The molecule has 1 amide bonds. The molecule has 0 aliphatic carbocycles. The maximum Gasteiger partial charge on any atom is 0.242 e. The van der Waals surface area contributed by atoms with Crippen molar-refractivity contribution in [3.8, 4) is 0 Å². The predicted molar refractivity (Wildman–Crippen MR) is 80.6 cm³/mol. The van der Waals surface area contributed by atoms with E-state index in [4.69, 9.17) is 0 Å². The zero-order chi connectivity index (χ0) is 14.7. The second-order valence-electron chi connectivity index (χ2n) is 4.96. The Morgan fingerprint density at radius 3 is 3.00 bits per heavy atom. The molecule has 1 N–H and O–H groups in total. The Kier molecular flexibility index (Phi) is 3.64. The van der Waals surface area contributed by atoms with Gasteiger partial charge >= 0.3 is 0 Å². The Morgan fingerprint density at radius 1 is 1.29 bits per heavy atom. The standard InChI is InChI=1S/C16H16N4O/c1-12-5-6-13-9-19-20(15(13)8-12)11-16(21)18-10-14-4-2-3-7-17-14/h2-9H,10-11H2,1H3,(H,18,21). The first-order valence-electron chi connectivity index (χ1n) is 6.81. The van der Waals surface area contributed by atoms with E-state index in [-0.39, 0.29) is 12.5 Å². The topological polar surface area (TPSA) is 59.8 Å². The summed E-state index contributed by atoms with van der Waals surface area (Å²) in [6.07, 6.45) is 3.49. The lowest BCUT2D eigenvalue weighted by atomic mass is 10.2. The molecule has 0 fully saturated rings. The molecule has 0 aliphatic rings. The van der Waals surface area contributed by atoms with Crippen LogP contribution in [0.4, 0.5) is 0 Å². The van der Waals surface area contributed by atoms with Gasteiger partial charge in [-0.2, -0.15) is 5.10 Å². The molecule has 0 spiro atoms. The van der Waals surface area contributed by atoms with Crippen LogP contribution in [0.2, 0.25) is 0 Å². The molecule has 5 heteroatoms. The summed E-state index contributed by atoms with van der Waals surface area (Å²) in [5, 5.41) is 8.17. The smallest absolute Gasteiger partial charge is 0.242 e. The van der Waals surface area contributed by atoms with Gasteiger partial charge in [0.1, 0.15) is 6.54 Å². The van der Waals surface area contributed by atoms with Crippen LogP contribution in [0.5, 0.6) is 0 Å². The van der Waals surface area contributed by atoms with Crippen molar-refractivity contribution in [1.82, 2.24) is 20.1 Å². The van der Waals surface area contributed by atoms with Gasteiger partial charge in [-0.3, -0.25) is 14.5 Å². The number of pyridine rings is 1. The molecule has 0 saturated heterocycles. The lowest BCUT2D eigenvalue weighted by molar-refractivity contribution is -0.121. The van der Waals surface area contributed by atoms with E-state index in [0.717, 1.165) is 22.2 Å². The Balaban J connectivity index is 1.67. The predicted octanol–water partition coefficient (Wildman–Crippen LogP) is 2.06. The van der Waals surface area contributed by atoms with Crippen LogP contribution in [0.25, 0.3) is 10.9 Å². The van der Waals surface area contributed by atoms with E-state index in [1.54, 1.807) is 17.1 Å². The van der Waals surface area contributed by atoms with Crippen LogP contribution < -0.4 is 5.32 Å². The average Bonchev–Trinajstić information content (AvgIpc) is 2.88. The SMILES string of the molecule is Cc1ccc2cnn(CC(=O)NCc3ccccn3)c2c1. The largest absolute Gasteiger partial charge is 0.349 e. The lowest BCUT2D eigenvalue weighted by Crippen LogP contribution is -2.27. The number of aryl methyl sites for hydroxylation is 1. The summed E-state index contributed by atoms with van der Waals surface area (Å²) in [4.78, 5) is 16.2. The number of rotatable bonds is 4. The van der Waals surface area contributed by atoms with Gasteiger partial charge in [0, 0.05) is 11.6 Å². The number of carbonyl (C=O) groups excluding carboxylic acids is 1. The zero-order valence-electron chi connectivity index (χ0n) is 11.8. The molecule has 3 aromatic rings. The Labute approximate surface area is 122 Å². The molecule has 106 valence electrons. The highest BCUT2D eigenvalue weighted by Crippen LogP contribution is 2.15. The van der Waals surface area contributed by atoms with Gasteiger partial charge in [0.25, 0.3) is 0 Å². The second-order valence-corrected chi connectivity index (χ2v) is 4.96. The van der Waals surface area contributed by atoms with E-state index in [1.807, 2.05) is 43.3 Å². The highest BCUT2D eigenvalue weighted by molar-refractivity contribution is 5.82. The number of fused-ring (bicyclic) bond motifs is 1. The molecule has 2 heterocycles. The summed E-state index contributed by atoms with van der Waals surface area (Å²) < 4.78 is 1.72. The summed E-state index contributed by atoms with van der Waals surface area (Å²) in [5.41, 5.74) is 2.97. The fourth-order valence-electron chi connectivity index (χ4n) is 2.19. The third-order valence-electron chi connectivity index (χ3n) is 3.29. The number of nitrogens with zero attached hydrogens (tertiary/aromatic N) is 3. The molecular formula is C16H16N4O. The minimum atomic E-state index is -0.0767. The highest BCUT2D eigenvalue weighted by atomic mass is 16.2. The molecule has 0 saturated carbocycles. The van der Waals surface area contributed by atoms with Gasteiger partial charge < -0.3 is 5.32 Å². The molecule has 5 nitrogen and oxygen atoms in total. The zero-order valence-corrected chi connectivity index (χ0v) is 11.8. The minimum Gasteiger partial charge on any atom is -0.349 e. The molecule has 0 aliphatic heterocycles. The fraction of sp³-hybridized carbons (Fsp3) is 0.188. The van der Waals surface area contributed by atoms with Gasteiger partial charge in [0.2, 0.25) is 5.91 Å². The summed E-state index contributed by atoms with van der Waals surface area (Å²) >= 11 is 0. The number of carbonyl (C=O) groups is 1. The van der Waals surface area contributed by atoms with Crippen molar-refractivity contribution >= 4 is 16.8 Å². The average molecular weight is 280 g/mol. The quantitative estimate of drug-likeness (QED) is 0.795. The van der Waals surface area contributed by atoms with Gasteiger partial charge in [0.15, 0.2) is 0 Å². The molecule has 1 aromatic carbocycles. The van der Waals surface area contributed by atoms with Crippen LogP contribution in [0.1, 0.15) is 11.3 Å². The normalized spacial score (nSPS) is 10.7. The van der Waals surface area contributed by atoms with Crippen LogP contribution >= 0.6 is 0 Å². The van der Waals surface area contributed by atoms with Crippen LogP contribution in [0, 0.1) is 6.92 Å². The maximum atomic E-state index is 12.0. The first-order chi connectivity index (χ1) is 10.2. The number of hydrogen-bond donors (Lipinski definition) is 1. The van der Waals surface area contributed by atoms with Gasteiger partial charge in [-0.05, 0) is 30.7 Å². The monoisotopic (exact) mass is 280 g/mol. The second kappa shape index (κ2) is 5.75. The van der Waals surface area contributed by atoms with Crippen LogP contribution in [-0.2, 0) is 17.9 Å². The molecule has 0 atom stereocenters. The van der Waals surface area contributed by atoms with E-state index in [1.165, 1.54) is 0 Å². The number of hydrogen-bond acceptors (Lipinski definition) is 3. The summed E-state index contributed by atoms with van der Waals surface area (Å²) in [5.74, 6) is -0.0767. The van der Waals surface area contributed by atoms with Crippen molar-refractivity contribution in [2.24, 2.45) is 0 Å². The molecule has 0 bridgehead atoms. The molecular weight excluding hydrogens is 264 g/mol. The van der Waals surface area contributed by atoms with Gasteiger partial charge in [0.05, 0.1) is 24.0 Å². The number of aromatic nitrogens is 3. The van der Waals surface area contributed by atoms with E-state index in [2.05, 4.69) is 15.4 Å². The number of amides is 1. The Hall–Kier alpha value is -2.69. The van der Waals surface area contributed by atoms with E-state index < -0.39 is 0 Å². The third kappa shape index (κ3) is 3.08. The van der Waals surface area contributed by atoms with Crippen molar-refractivity contribution in [3.05, 3.63) is 60.0 Å². The summed E-state index contributed by atoms with van der Waals surface area (Å²) in [6.45, 7) is 2.66. The van der Waals surface area contributed by atoms with Gasteiger partial charge in [-0.25, -0.2) is 0 Å². The molecule has 0 unspecified atom stereocenters. The fourth-order valence-corrected chi connectivity index (χ4v) is 2.19. The Morgan fingerprint density at radius 2 is 2.19 bits per heavy atom. The summed E-state index contributed by atoms with van der Waals surface area (Å²) in [6, 6.07) is 11.7. The van der Waals surface area contributed by atoms with Gasteiger partial charge in [-0.1, -0.05) is 18.2 Å². The van der Waals surface area contributed by atoms with E-state index >= 15 is 0 Å². The van der Waals surface area contributed by atoms with Gasteiger partial charge in [-0.15, -0.1) is 0 Å². The van der Waals surface area contributed by atoms with Crippen LogP contribution in [0.3, 0.4) is 0 Å². The van der Waals surface area contributed by atoms with Crippen molar-refractivity contribution in [2.75, 3.05) is 0 Å². The Bertz CT molecular complexity index is 764. The lowest BCUT2D eigenvalue weighted by Gasteiger charge is -2.06. The maximum absolute atomic E-state index is 12.0. The third-order valence-corrected chi connectivity index (χ3v) is 3.29. The van der Waals surface area contributed by atoms with Crippen LogP contribution in [0.15, 0.2) is 48.8 Å². The molecule has 0 radical (unpaired) electrons. The van der Waals surface area contributed by atoms with E-state index in [0.29, 0.717) is 6.54 Å². The van der Waals surface area contributed by atoms with Crippen molar-refractivity contribution in [3.63, 3.8) is 0 Å².